The molecule has 0 heterocycles. The van der Waals surface area contributed by atoms with E-state index in [4.69, 9.17) is 21.1 Å². The molecule has 0 bridgehead atoms. The van der Waals surface area contributed by atoms with Gasteiger partial charge in [-0.1, -0.05) is 30.3 Å². The van der Waals surface area contributed by atoms with Gasteiger partial charge in [-0.15, -0.1) is 11.6 Å². The molecule has 0 saturated heterocycles. The molecule has 0 radical (unpaired) electrons. The van der Waals surface area contributed by atoms with Crippen LogP contribution in [0.15, 0.2) is 46.9 Å². The van der Waals surface area contributed by atoms with Gasteiger partial charge >= 0.3 is 0 Å². The van der Waals surface area contributed by atoms with E-state index in [1.54, 1.807) is 14.2 Å². The highest BCUT2D eigenvalue weighted by atomic mass is 79.9. The second-order valence-electron chi connectivity index (χ2n) is 4.74. The van der Waals surface area contributed by atoms with Crippen LogP contribution in [0.5, 0.6) is 5.75 Å². The van der Waals surface area contributed by atoms with Gasteiger partial charge in [0.1, 0.15) is 5.75 Å². The van der Waals surface area contributed by atoms with E-state index in [0.717, 1.165) is 34.4 Å². The monoisotopic (exact) mass is 368 g/mol. The van der Waals surface area contributed by atoms with Gasteiger partial charge in [0, 0.05) is 7.11 Å². The molecule has 0 N–H and O–H groups in total. The van der Waals surface area contributed by atoms with E-state index >= 15 is 0 Å². The average molecular weight is 370 g/mol. The van der Waals surface area contributed by atoms with Crippen LogP contribution in [0.1, 0.15) is 22.1 Å². The Labute approximate surface area is 139 Å². The summed E-state index contributed by atoms with van der Waals surface area (Å²) in [5.41, 5.74) is 3.37. The summed E-state index contributed by atoms with van der Waals surface area (Å²) in [5, 5.41) is -0.177. The molecule has 2 aromatic rings. The van der Waals surface area contributed by atoms with Gasteiger partial charge in [0.05, 0.1) is 23.6 Å². The third kappa shape index (κ3) is 4.22. The lowest BCUT2D eigenvalue weighted by Gasteiger charge is -2.13. The largest absolute Gasteiger partial charge is 0.496 e. The van der Waals surface area contributed by atoms with Gasteiger partial charge < -0.3 is 9.47 Å². The SMILES string of the molecule is COCCc1ccc(C(Cl)c2ccc(OC)c(Br)c2)cc1. The molecule has 0 aliphatic carbocycles. The number of halogens is 2. The van der Waals surface area contributed by atoms with E-state index in [2.05, 4.69) is 40.2 Å². The highest BCUT2D eigenvalue weighted by molar-refractivity contribution is 9.10. The molecule has 2 aromatic carbocycles. The van der Waals surface area contributed by atoms with Gasteiger partial charge in [0.15, 0.2) is 0 Å². The fraction of sp³-hybridized carbons (Fsp3) is 0.294. The summed E-state index contributed by atoms with van der Waals surface area (Å²) >= 11 is 10.1. The molecule has 0 spiro atoms. The van der Waals surface area contributed by atoms with Crippen molar-refractivity contribution in [2.24, 2.45) is 0 Å². The molecule has 21 heavy (non-hydrogen) atoms. The summed E-state index contributed by atoms with van der Waals surface area (Å²) in [4.78, 5) is 0. The van der Waals surface area contributed by atoms with Crippen molar-refractivity contribution in [3.05, 3.63) is 63.6 Å². The van der Waals surface area contributed by atoms with Crippen LogP contribution in [0.2, 0.25) is 0 Å². The van der Waals surface area contributed by atoms with Gasteiger partial charge in [0.2, 0.25) is 0 Å². The van der Waals surface area contributed by atoms with Crippen LogP contribution in [-0.4, -0.2) is 20.8 Å². The normalized spacial score (nSPS) is 12.2. The Morgan fingerprint density at radius 1 is 1.05 bits per heavy atom. The summed E-state index contributed by atoms with van der Waals surface area (Å²) in [7, 11) is 3.36. The zero-order valence-corrected chi connectivity index (χ0v) is 14.4. The second-order valence-corrected chi connectivity index (χ2v) is 6.03. The molecular formula is C17H18BrClO2. The van der Waals surface area contributed by atoms with E-state index in [9.17, 15) is 0 Å². The van der Waals surface area contributed by atoms with Crippen molar-refractivity contribution in [3.8, 4) is 5.75 Å². The molecule has 2 nitrogen and oxygen atoms in total. The Bertz CT molecular complexity index is 584. The lowest BCUT2D eigenvalue weighted by molar-refractivity contribution is 0.202. The zero-order valence-electron chi connectivity index (χ0n) is 12.1. The van der Waals surface area contributed by atoms with Crippen molar-refractivity contribution < 1.29 is 9.47 Å². The molecular weight excluding hydrogens is 352 g/mol. The summed E-state index contributed by atoms with van der Waals surface area (Å²) in [6, 6.07) is 14.2. The maximum atomic E-state index is 6.57. The van der Waals surface area contributed by atoms with Gasteiger partial charge in [-0.25, -0.2) is 0 Å². The van der Waals surface area contributed by atoms with Crippen molar-refractivity contribution in [2.75, 3.05) is 20.8 Å². The lowest BCUT2D eigenvalue weighted by Crippen LogP contribution is -1.97. The van der Waals surface area contributed by atoms with E-state index < -0.39 is 0 Å². The summed E-state index contributed by atoms with van der Waals surface area (Å²) in [6.07, 6.45) is 0.915. The topological polar surface area (TPSA) is 18.5 Å². The summed E-state index contributed by atoms with van der Waals surface area (Å²) in [6.45, 7) is 0.731. The Morgan fingerprint density at radius 2 is 1.71 bits per heavy atom. The van der Waals surface area contributed by atoms with Crippen LogP contribution < -0.4 is 4.74 Å². The lowest BCUT2D eigenvalue weighted by atomic mass is 10.0. The standard InChI is InChI=1S/C17H18BrClO2/c1-20-10-9-12-3-5-13(6-4-12)17(19)14-7-8-16(21-2)15(18)11-14/h3-8,11,17H,9-10H2,1-2H3. The number of benzene rings is 2. The predicted molar refractivity (Wildman–Crippen MR) is 90.4 cm³/mol. The first kappa shape index (κ1) is 16.3. The summed E-state index contributed by atoms with van der Waals surface area (Å²) in [5.74, 6) is 0.803. The third-order valence-electron chi connectivity index (χ3n) is 3.34. The summed E-state index contributed by atoms with van der Waals surface area (Å²) < 4.78 is 11.2. The Balaban J connectivity index is 2.15. The van der Waals surface area contributed by atoms with Crippen LogP contribution in [0.25, 0.3) is 0 Å². The first-order chi connectivity index (χ1) is 10.2. The molecule has 0 aromatic heterocycles. The first-order valence-electron chi connectivity index (χ1n) is 6.71. The minimum atomic E-state index is -0.177. The van der Waals surface area contributed by atoms with Crippen molar-refractivity contribution in [1.29, 1.82) is 0 Å². The molecule has 1 atom stereocenters. The fourth-order valence-corrected chi connectivity index (χ4v) is 2.95. The molecule has 112 valence electrons. The van der Waals surface area contributed by atoms with Gasteiger partial charge in [-0.2, -0.15) is 0 Å². The second kappa shape index (κ2) is 7.83. The molecule has 0 aliphatic heterocycles. The highest BCUT2D eigenvalue weighted by Crippen LogP contribution is 2.34. The quantitative estimate of drug-likeness (QED) is 0.669. The number of ether oxygens (including phenoxy) is 2. The Kier molecular flexibility index (Phi) is 6.09. The third-order valence-corrected chi connectivity index (χ3v) is 4.46. The molecule has 0 amide bonds. The Morgan fingerprint density at radius 3 is 2.29 bits per heavy atom. The van der Waals surface area contributed by atoms with Crippen molar-refractivity contribution in [3.63, 3.8) is 0 Å². The minimum absolute atomic E-state index is 0.177. The maximum absolute atomic E-state index is 6.57. The molecule has 1 unspecified atom stereocenters. The average Bonchev–Trinajstić information content (AvgIpc) is 2.52. The number of methoxy groups -OCH3 is 2. The number of hydrogen-bond donors (Lipinski definition) is 0. The highest BCUT2D eigenvalue weighted by Gasteiger charge is 2.12. The Hall–Kier alpha value is -1.03. The van der Waals surface area contributed by atoms with Crippen LogP contribution in [0.4, 0.5) is 0 Å². The fourth-order valence-electron chi connectivity index (χ4n) is 2.11. The maximum Gasteiger partial charge on any atom is 0.133 e. The van der Waals surface area contributed by atoms with E-state index in [0.29, 0.717) is 0 Å². The van der Waals surface area contributed by atoms with Gasteiger partial charge in [-0.05, 0) is 51.2 Å². The molecule has 0 fully saturated rings. The van der Waals surface area contributed by atoms with Gasteiger partial charge in [0.25, 0.3) is 0 Å². The van der Waals surface area contributed by atoms with Crippen LogP contribution in [-0.2, 0) is 11.2 Å². The van der Waals surface area contributed by atoms with Crippen LogP contribution in [0.3, 0.4) is 0 Å². The number of rotatable bonds is 6. The molecule has 4 heteroatoms. The van der Waals surface area contributed by atoms with Crippen molar-refractivity contribution in [1.82, 2.24) is 0 Å². The zero-order chi connectivity index (χ0) is 15.2. The van der Waals surface area contributed by atoms with E-state index in [1.165, 1.54) is 5.56 Å². The van der Waals surface area contributed by atoms with Crippen LogP contribution >= 0.6 is 27.5 Å². The number of hydrogen-bond acceptors (Lipinski definition) is 2. The van der Waals surface area contributed by atoms with Crippen molar-refractivity contribution >= 4 is 27.5 Å². The number of alkyl halides is 1. The van der Waals surface area contributed by atoms with E-state index in [-0.39, 0.29) is 5.38 Å². The van der Waals surface area contributed by atoms with Crippen molar-refractivity contribution in [2.45, 2.75) is 11.8 Å². The van der Waals surface area contributed by atoms with Crippen LogP contribution in [0, 0.1) is 0 Å². The van der Waals surface area contributed by atoms with Gasteiger partial charge in [-0.3, -0.25) is 0 Å². The predicted octanol–water partition coefficient (Wildman–Crippen LogP) is 4.97. The molecule has 0 saturated carbocycles. The smallest absolute Gasteiger partial charge is 0.133 e. The van der Waals surface area contributed by atoms with E-state index in [1.807, 2.05) is 18.2 Å². The molecule has 0 aliphatic rings. The molecule has 2 rings (SSSR count). The minimum Gasteiger partial charge on any atom is -0.496 e. The first-order valence-corrected chi connectivity index (χ1v) is 7.94.